The van der Waals surface area contributed by atoms with Crippen LogP contribution >= 0.6 is 0 Å². The molecule has 0 fully saturated rings. The summed E-state index contributed by atoms with van der Waals surface area (Å²) >= 11 is 0. The summed E-state index contributed by atoms with van der Waals surface area (Å²) in [5.41, 5.74) is 2.35. The molecule has 0 saturated heterocycles. The molecule has 28 heavy (non-hydrogen) atoms. The molecule has 0 aromatic heterocycles. The third-order valence-electron chi connectivity index (χ3n) is 5.02. The van der Waals surface area contributed by atoms with Gasteiger partial charge in [-0.25, -0.2) is 0 Å². The predicted molar refractivity (Wildman–Crippen MR) is 110 cm³/mol. The Balaban J connectivity index is 1.98. The van der Waals surface area contributed by atoms with E-state index in [9.17, 15) is 9.59 Å². The van der Waals surface area contributed by atoms with Gasteiger partial charge in [-0.1, -0.05) is 31.5 Å². The van der Waals surface area contributed by atoms with Gasteiger partial charge in [-0.2, -0.15) is 0 Å². The highest BCUT2D eigenvalue weighted by Crippen LogP contribution is 2.30. The third-order valence-corrected chi connectivity index (χ3v) is 5.02. The Labute approximate surface area is 168 Å². The first kappa shape index (κ1) is 22.2. The molecule has 1 aliphatic rings. The minimum Gasteiger partial charge on any atom is -0.493 e. The van der Waals surface area contributed by atoms with E-state index < -0.39 is 0 Å². The fraction of sp³-hybridized carbons (Fsp3) is 0.636. The van der Waals surface area contributed by atoms with Crippen molar-refractivity contribution in [2.75, 3.05) is 32.8 Å². The van der Waals surface area contributed by atoms with Crippen molar-refractivity contribution in [3.8, 4) is 5.75 Å². The summed E-state index contributed by atoms with van der Waals surface area (Å²) in [6.07, 6.45) is 3.98. The van der Waals surface area contributed by atoms with Crippen LogP contribution in [-0.2, 0) is 27.2 Å². The molecule has 1 atom stereocenters. The van der Waals surface area contributed by atoms with Crippen LogP contribution in [0.5, 0.6) is 5.75 Å². The lowest BCUT2D eigenvalue weighted by Crippen LogP contribution is -2.41. The summed E-state index contributed by atoms with van der Waals surface area (Å²) in [5.74, 6) is 0.848. The van der Waals surface area contributed by atoms with E-state index in [0.29, 0.717) is 39.1 Å². The first-order valence-electron chi connectivity index (χ1n) is 10.4. The molecular weight excluding hydrogens is 356 g/mol. The van der Waals surface area contributed by atoms with E-state index in [4.69, 9.17) is 9.47 Å². The van der Waals surface area contributed by atoms with Crippen LogP contribution in [0.4, 0.5) is 0 Å². The second-order valence-corrected chi connectivity index (χ2v) is 7.23. The Morgan fingerprint density at radius 1 is 1.29 bits per heavy atom. The summed E-state index contributed by atoms with van der Waals surface area (Å²) in [6.45, 7) is 8.69. The molecule has 0 radical (unpaired) electrons. The fourth-order valence-corrected chi connectivity index (χ4v) is 3.53. The van der Waals surface area contributed by atoms with Gasteiger partial charge in [0, 0.05) is 39.0 Å². The van der Waals surface area contributed by atoms with Crippen LogP contribution in [0.3, 0.4) is 0 Å². The molecule has 0 bridgehead atoms. The molecule has 1 aromatic rings. The number of nitrogens with zero attached hydrogens (tertiary/aromatic N) is 1. The summed E-state index contributed by atoms with van der Waals surface area (Å²) in [4.78, 5) is 25.7. The van der Waals surface area contributed by atoms with Crippen molar-refractivity contribution in [1.82, 2.24) is 10.2 Å². The van der Waals surface area contributed by atoms with Gasteiger partial charge in [0.25, 0.3) is 0 Å². The summed E-state index contributed by atoms with van der Waals surface area (Å²) in [7, 11) is 0. The van der Waals surface area contributed by atoms with E-state index in [0.717, 1.165) is 37.1 Å². The van der Waals surface area contributed by atoms with E-state index in [1.165, 1.54) is 5.56 Å². The number of carbonyl (C=O) groups is 2. The fourth-order valence-electron chi connectivity index (χ4n) is 3.53. The number of fused-ring (bicyclic) bond motifs is 1. The van der Waals surface area contributed by atoms with Gasteiger partial charge in [-0.15, -0.1) is 0 Å². The molecule has 0 saturated carbocycles. The lowest BCUT2D eigenvalue weighted by molar-refractivity contribution is -0.143. The van der Waals surface area contributed by atoms with Gasteiger partial charge in [-0.05, 0) is 30.9 Å². The first-order chi connectivity index (χ1) is 13.5. The second kappa shape index (κ2) is 11.7. The number of benzene rings is 1. The largest absolute Gasteiger partial charge is 0.493 e. The van der Waals surface area contributed by atoms with E-state index in [-0.39, 0.29) is 17.9 Å². The van der Waals surface area contributed by atoms with Crippen molar-refractivity contribution < 1.29 is 19.1 Å². The number of unbranched alkanes of at least 4 members (excludes halogenated alkanes) is 1. The van der Waals surface area contributed by atoms with E-state index >= 15 is 0 Å². The van der Waals surface area contributed by atoms with E-state index in [1.807, 2.05) is 17.9 Å². The number of amides is 1. The van der Waals surface area contributed by atoms with Crippen molar-refractivity contribution in [3.63, 3.8) is 0 Å². The Bertz CT molecular complexity index is 647. The zero-order valence-electron chi connectivity index (χ0n) is 17.5. The first-order valence-corrected chi connectivity index (χ1v) is 10.4. The maximum atomic E-state index is 12.1. The lowest BCUT2D eigenvalue weighted by Gasteiger charge is -2.24. The molecule has 6 nitrogen and oxygen atoms in total. The minimum atomic E-state index is -0.206. The van der Waals surface area contributed by atoms with Gasteiger partial charge in [-0.3, -0.25) is 9.59 Å². The highest BCUT2D eigenvalue weighted by molar-refractivity contribution is 5.73. The number of ether oxygens (including phenoxy) is 2. The van der Waals surface area contributed by atoms with Gasteiger partial charge >= 0.3 is 5.97 Å². The number of hydrogen-bond acceptors (Lipinski definition) is 5. The van der Waals surface area contributed by atoms with Crippen molar-refractivity contribution in [2.24, 2.45) is 0 Å². The predicted octanol–water partition coefficient (Wildman–Crippen LogP) is 2.72. The second-order valence-electron chi connectivity index (χ2n) is 7.23. The number of rotatable bonds is 12. The average molecular weight is 391 g/mol. The lowest BCUT2D eigenvalue weighted by atomic mass is 9.99. The average Bonchev–Trinajstić information content (AvgIpc) is 3.14. The summed E-state index contributed by atoms with van der Waals surface area (Å²) in [6, 6.07) is 6.15. The zero-order valence-corrected chi connectivity index (χ0v) is 17.5. The molecule has 0 unspecified atom stereocenters. The highest BCUT2D eigenvalue weighted by atomic mass is 16.5. The van der Waals surface area contributed by atoms with Crippen LogP contribution in [0.25, 0.3) is 0 Å². The van der Waals surface area contributed by atoms with E-state index in [2.05, 4.69) is 24.4 Å². The van der Waals surface area contributed by atoms with Gasteiger partial charge in [0.2, 0.25) is 5.91 Å². The molecule has 0 aliphatic carbocycles. The maximum absolute atomic E-state index is 12.1. The van der Waals surface area contributed by atoms with Crippen LogP contribution in [0, 0.1) is 0 Å². The molecule has 0 spiro atoms. The smallest absolute Gasteiger partial charge is 0.307 e. The molecule has 1 N–H and O–H groups in total. The normalized spacial score (nSPS) is 13.5. The van der Waals surface area contributed by atoms with Crippen molar-refractivity contribution in [3.05, 3.63) is 29.3 Å². The Morgan fingerprint density at radius 2 is 2.11 bits per heavy atom. The van der Waals surface area contributed by atoms with Crippen LogP contribution in [0.15, 0.2) is 18.2 Å². The van der Waals surface area contributed by atoms with Gasteiger partial charge < -0.3 is 19.7 Å². The van der Waals surface area contributed by atoms with Crippen LogP contribution in [-0.4, -0.2) is 55.7 Å². The van der Waals surface area contributed by atoms with E-state index in [1.54, 1.807) is 6.92 Å². The van der Waals surface area contributed by atoms with Crippen LogP contribution < -0.4 is 10.1 Å². The number of carbonyl (C=O) groups excluding carboxylic acids is 2. The Hall–Kier alpha value is -2.08. The molecule has 1 heterocycles. The minimum absolute atomic E-state index is 0.0604. The number of esters is 1. The van der Waals surface area contributed by atoms with Crippen molar-refractivity contribution in [1.29, 1.82) is 0 Å². The standard InChI is InChI=1S/C22H34N2O4/c1-4-6-12-24(17(3)25)13-11-23-20(16-21(26)27-5-2)15-19-9-7-8-18-10-14-28-22(18)19/h7-9,20,23H,4-6,10-16H2,1-3H3/t20-/m1/s1. The highest BCUT2D eigenvalue weighted by Gasteiger charge is 2.21. The number of hydrogen-bond donors (Lipinski definition) is 1. The Morgan fingerprint density at radius 3 is 2.82 bits per heavy atom. The quantitative estimate of drug-likeness (QED) is 0.556. The van der Waals surface area contributed by atoms with Gasteiger partial charge in [0.05, 0.1) is 19.6 Å². The van der Waals surface area contributed by atoms with Crippen LogP contribution in [0.1, 0.15) is 51.2 Å². The monoisotopic (exact) mass is 390 g/mol. The molecule has 1 amide bonds. The topological polar surface area (TPSA) is 67.9 Å². The molecule has 1 aliphatic heterocycles. The van der Waals surface area contributed by atoms with Crippen molar-refractivity contribution in [2.45, 2.75) is 58.9 Å². The summed E-state index contributed by atoms with van der Waals surface area (Å²) < 4.78 is 11.0. The molecular formula is C22H34N2O4. The maximum Gasteiger partial charge on any atom is 0.307 e. The Kier molecular flexibility index (Phi) is 9.28. The summed E-state index contributed by atoms with van der Waals surface area (Å²) in [5, 5.41) is 3.46. The number of para-hydroxylation sites is 1. The molecule has 6 heteroatoms. The van der Waals surface area contributed by atoms with Crippen molar-refractivity contribution >= 4 is 11.9 Å². The number of nitrogens with one attached hydrogen (secondary N) is 1. The van der Waals surface area contributed by atoms with Gasteiger partial charge in [0.1, 0.15) is 5.75 Å². The SMILES string of the molecule is CCCCN(CCN[C@@H](CC(=O)OCC)Cc1cccc2c1OCC2)C(C)=O. The molecule has 156 valence electrons. The molecule has 2 rings (SSSR count). The third kappa shape index (κ3) is 6.82. The van der Waals surface area contributed by atoms with Crippen LogP contribution in [0.2, 0.25) is 0 Å². The van der Waals surface area contributed by atoms with Gasteiger partial charge in [0.15, 0.2) is 0 Å². The molecule has 1 aromatic carbocycles. The zero-order chi connectivity index (χ0) is 20.4.